The fourth-order valence-corrected chi connectivity index (χ4v) is 8.16. The van der Waals surface area contributed by atoms with Gasteiger partial charge in [0.05, 0.1) is 0 Å². The van der Waals surface area contributed by atoms with E-state index in [-0.39, 0.29) is 31.1 Å². The van der Waals surface area contributed by atoms with Crippen molar-refractivity contribution >= 4 is 17.9 Å². The van der Waals surface area contributed by atoms with Crippen molar-refractivity contribution in [3.8, 4) is 0 Å². The molecule has 0 bridgehead atoms. The zero-order valence-corrected chi connectivity index (χ0v) is 42.8. The molecule has 0 spiro atoms. The Labute approximate surface area is 397 Å². The first-order valence-electron chi connectivity index (χ1n) is 28.0. The summed E-state index contributed by atoms with van der Waals surface area (Å²) in [6.45, 7) is 6.64. The highest BCUT2D eigenvalue weighted by molar-refractivity contribution is 5.71. The van der Waals surface area contributed by atoms with E-state index in [0.29, 0.717) is 19.3 Å². The maximum Gasteiger partial charge on any atom is 0.306 e. The third-order valence-corrected chi connectivity index (χ3v) is 12.4. The van der Waals surface area contributed by atoms with Crippen molar-refractivity contribution in [1.29, 1.82) is 0 Å². The molecule has 0 aromatic heterocycles. The molecular weight excluding hydrogens is 793 g/mol. The predicted octanol–water partition coefficient (Wildman–Crippen LogP) is 18.5. The summed E-state index contributed by atoms with van der Waals surface area (Å²) in [7, 11) is 0. The Hall–Kier alpha value is -2.37. The SMILES string of the molecule is CCCCCCC/C=C\C/C=C\C/C=C\CCCCCCCCC(=O)OCC(COC(=O)CCCCCCCCCCCC)OC(=O)CCCCCCCCCCCCCCCCC. The van der Waals surface area contributed by atoms with Crippen LogP contribution in [-0.2, 0) is 28.6 Å². The molecule has 0 radical (unpaired) electrons. The summed E-state index contributed by atoms with van der Waals surface area (Å²) in [4.78, 5) is 38.0. The summed E-state index contributed by atoms with van der Waals surface area (Å²) in [5.74, 6) is -0.871. The number of esters is 3. The highest BCUT2D eigenvalue weighted by atomic mass is 16.6. The second kappa shape index (κ2) is 53.2. The van der Waals surface area contributed by atoms with Crippen LogP contribution in [0.3, 0.4) is 0 Å². The van der Waals surface area contributed by atoms with Gasteiger partial charge in [0.25, 0.3) is 0 Å². The molecule has 1 unspecified atom stereocenters. The zero-order chi connectivity index (χ0) is 46.5. The Morgan fingerprint density at radius 3 is 0.875 bits per heavy atom. The molecule has 0 aliphatic heterocycles. The molecule has 0 saturated heterocycles. The van der Waals surface area contributed by atoms with Crippen LogP contribution in [0.15, 0.2) is 36.5 Å². The van der Waals surface area contributed by atoms with E-state index >= 15 is 0 Å². The molecule has 0 saturated carbocycles. The predicted molar refractivity (Wildman–Crippen MR) is 275 cm³/mol. The monoisotopic (exact) mass is 899 g/mol. The molecule has 0 rings (SSSR count). The van der Waals surface area contributed by atoms with Gasteiger partial charge in [-0.1, -0.05) is 256 Å². The maximum absolute atomic E-state index is 12.8. The van der Waals surface area contributed by atoms with Crippen molar-refractivity contribution in [3.05, 3.63) is 36.5 Å². The van der Waals surface area contributed by atoms with Gasteiger partial charge in [0, 0.05) is 19.3 Å². The van der Waals surface area contributed by atoms with Gasteiger partial charge in [0.1, 0.15) is 13.2 Å². The van der Waals surface area contributed by atoms with E-state index in [9.17, 15) is 14.4 Å². The van der Waals surface area contributed by atoms with Gasteiger partial charge in [-0.05, 0) is 57.8 Å². The molecule has 0 N–H and O–H groups in total. The second-order valence-corrected chi connectivity index (χ2v) is 18.9. The quantitative estimate of drug-likeness (QED) is 0.0262. The van der Waals surface area contributed by atoms with Gasteiger partial charge in [-0.3, -0.25) is 14.4 Å². The van der Waals surface area contributed by atoms with Crippen LogP contribution >= 0.6 is 0 Å². The van der Waals surface area contributed by atoms with Gasteiger partial charge in [-0.2, -0.15) is 0 Å². The number of allylic oxidation sites excluding steroid dienone is 6. The van der Waals surface area contributed by atoms with Crippen molar-refractivity contribution in [3.63, 3.8) is 0 Å². The molecule has 0 fully saturated rings. The molecule has 6 heteroatoms. The fourth-order valence-electron chi connectivity index (χ4n) is 8.16. The number of hydrogen-bond acceptors (Lipinski definition) is 6. The lowest BCUT2D eigenvalue weighted by atomic mass is 10.0. The first kappa shape index (κ1) is 61.6. The molecule has 0 aromatic carbocycles. The summed E-state index contributed by atoms with van der Waals surface area (Å²) >= 11 is 0. The van der Waals surface area contributed by atoms with E-state index in [1.807, 2.05) is 0 Å². The lowest BCUT2D eigenvalue weighted by Crippen LogP contribution is -2.30. The number of hydrogen-bond donors (Lipinski definition) is 0. The molecule has 0 aromatic rings. The van der Waals surface area contributed by atoms with Gasteiger partial charge in [0.15, 0.2) is 6.10 Å². The molecule has 0 heterocycles. The molecule has 6 nitrogen and oxygen atoms in total. The Bertz CT molecular complexity index is 1080. The van der Waals surface area contributed by atoms with E-state index in [0.717, 1.165) is 77.0 Å². The summed E-state index contributed by atoms with van der Waals surface area (Å²) in [6, 6.07) is 0. The summed E-state index contributed by atoms with van der Waals surface area (Å²) in [5.41, 5.74) is 0. The van der Waals surface area contributed by atoms with Crippen LogP contribution in [0, 0.1) is 0 Å². The lowest BCUT2D eigenvalue weighted by molar-refractivity contribution is -0.167. The van der Waals surface area contributed by atoms with Crippen LogP contribution in [-0.4, -0.2) is 37.2 Å². The minimum Gasteiger partial charge on any atom is -0.462 e. The van der Waals surface area contributed by atoms with Crippen LogP contribution in [0.25, 0.3) is 0 Å². The third kappa shape index (κ3) is 50.6. The Balaban J connectivity index is 4.30. The first-order valence-corrected chi connectivity index (χ1v) is 28.0. The number of ether oxygens (including phenoxy) is 3. The average molecular weight is 899 g/mol. The van der Waals surface area contributed by atoms with Gasteiger partial charge < -0.3 is 14.2 Å². The summed E-state index contributed by atoms with van der Waals surface area (Å²) < 4.78 is 16.8. The fraction of sp³-hybridized carbons (Fsp3) is 0.845. The Kier molecular flexibility index (Phi) is 51.3. The number of unbranched alkanes of at least 4 members (excludes halogenated alkanes) is 34. The van der Waals surface area contributed by atoms with Crippen LogP contribution in [0.1, 0.15) is 297 Å². The third-order valence-electron chi connectivity index (χ3n) is 12.4. The van der Waals surface area contributed by atoms with Crippen molar-refractivity contribution in [1.82, 2.24) is 0 Å². The van der Waals surface area contributed by atoms with Crippen molar-refractivity contribution in [2.45, 2.75) is 303 Å². The van der Waals surface area contributed by atoms with Gasteiger partial charge in [0.2, 0.25) is 0 Å². The standard InChI is InChI=1S/C58H106O6/c1-4-7-10-13-16-19-22-24-26-27-28-29-30-31-33-34-36-39-42-45-48-51-57(60)63-54-55(53-62-56(59)50-47-44-41-38-21-18-15-12-9-6-3)64-58(61)52-49-46-43-40-37-35-32-25-23-20-17-14-11-8-5-2/h22,24,27-28,30-31,55H,4-21,23,25-26,29,32-54H2,1-3H3/b24-22-,28-27-,31-30-. The van der Waals surface area contributed by atoms with Gasteiger partial charge >= 0.3 is 17.9 Å². The van der Waals surface area contributed by atoms with Crippen LogP contribution in [0.4, 0.5) is 0 Å². The van der Waals surface area contributed by atoms with Gasteiger partial charge in [-0.25, -0.2) is 0 Å². The van der Waals surface area contributed by atoms with E-state index in [1.165, 1.54) is 180 Å². The second-order valence-electron chi connectivity index (χ2n) is 18.9. The van der Waals surface area contributed by atoms with Crippen molar-refractivity contribution < 1.29 is 28.6 Å². The van der Waals surface area contributed by atoms with Crippen LogP contribution < -0.4 is 0 Å². The Morgan fingerprint density at radius 2 is 0.562 bits per heavy atom. The molecule has 374 valence electrons. The topological polar surface area (TPSA) is 78.9 Å². The zero-order valence-electron chi connectivity index (χ0n) is 42.8. The molecule has 64 heavy (non-hydrogen) atoms. The van der Waals surface area contributed by atoms with Gasteiger partial charge in [-0.15, -0.1) is 0 Å². The normalized spacial score (nSPS) is 12.2. The van der Waals surface area contributed by atoms with Crippen LogP contribution in [0.2, 0.25) is 0 Å². The molecular formula is C58H106O6. The Morgan fingerprint density at radius 1 is 0.312 bits per heavy atom. The molecule has 0 aliphatic rings. The van der Waals surface area contributed by atoms with E-state index in [4.69, 9.17) is 14.2 Å². The largest absolute Gasteiger partial charge is 0.462 e. The number of carbonyl (C=O) groups is 3. The lowest BCUT2D eigenvalue weighted by Gasteiger charge is -2.18. The van der Waals surface area contributed by atoms with Crippen molar-refractivity contribution in [2.75, 3.05) is 13.2 Å². The highest BCUT2D eigenvalue weighted by Gasteiger charge is 2.19. The first-order chi connectivity index (χ1) is 31.5. The minimum atomic E-state index is -0.772. The summed E-state index contributed by atoms with van der Waals surface area (Å²) in [6.07, 6.45) is 62.7. The van der Waals surface area contributed by atoms with E-state index < -0.39 is 6.10 Å². The van der Waals surface area contributed by atoms with Crippen molar-refractivity contribution in [2.24, 2.45) is 0 Å². The molecule has 0 amide bonds. The van der Waals surface area contributed by atoms with Crippen LogP contribution in [0.5, 0.6) is 0 Å². The van der Waals surface area contributed by atoms with E-state index in [1.54, 1.807) is 0 Å². The number of carbonyl (C=O) groups excluding carboxylic acids is 3. The average Bonchev–Trinajstić information content (AvgIpc) is 3.29. The molecule has 0 aliphatic carbocycles. The maximum atomic E-state index is 12.8. The smallest absolute Gasteiger partial charge is 0.306 e. The molecule has 1 atom stereocenters. The summed E-state index contributed by atoms with van der Waals surface area (Å²) in [5, 5.41) is 0. The highest BCUT2D eigenvalue weighted by Crippen LogP contribution is 2.16. The number of rotatable bonds is 51. The minimum absolute atomic E-state index is 0.0721. The van der Waals surface area contributed by atoms with E-state index in [2.05, 4.69) is 57.2 Å².